The summed E-state index contributed by atoms with van der Waals surface area (Å²) in [5.74, 6) is 1.15. The quantitative estimate of drug-likeness (QED) is 0.895. The molecule has 1 aromatic carbocycles. The van der Waals surface area contributed by atoms with Crippen molar-refractivity contribution < 1.29 is 13.9 Å². The summed E-state index contributed by atoms with van der Waals surface area (Å²) in [4.78, 5) is 15.9. The number of rotatable bonds is 4. The fourth-order valence-corrected chi connectivity index (χ4v) is 1.50. The zero-order chi connectivity index (χ0) is 13.0. The Labute approximate surface area is 105 Å². The van der Waals surface area contributed by atoms with E-state index in [9.17, 15) is 4.79 Å². The highest BCUT2D eigenvalue weighted by molar-refractivity contribution is 5.94. The minimum atomic E-state index is -0.154. The average molecular weight is 246 g/mol. The number of methoxy groups -OCH3 is 1. The molecule has 0 aliphatic rings. The zero-order valence-corrected chi connectivity index (χ0v) is 10.3. The molecule has 1 amide bonds. The molecule has 18 heavy (non-hydrogen) atoms. The first-order valence-corrected chi connectivity index (χ1v) is 5.52. The van der Waals surface area contributed by atoms with Gasteiger partial charge in [0.2, 0.25) is 0 Å². The molecule has 0 fully saturated rings. The number of benzene rings is 1. The van der Waals surface area contributed by atoms with Crippen molar-refractivity contribution in [3.8, 4) is 5.75 Å². The predicted octanol–water partition coefficient (Wildman–Crippen LogP) is 1.92. The molecule has 94 valence electrons. The highest BCUT2D eigenvalue weighted by Gasteiger charge is 2.06. The van der Waals surface area contributed by atoms with Crippen molar-refractivity contribution in [1.29, 1.82) is 0 Å². The van der Waals surface area contributed by atoms with Crippen LogP contribution in [-0.2, 0) is 6.54 Å². The number of nitrogens with one attached hydrogen (secondary N) is 1. The molecule has 1 N–H and O–H groups in total. The third-order valence-corrected chi connectivity index (χ3v) is 2.45. The molecule has 0 bridgehead atoms. The van der Waals surface area contributed by atoms with E-state index in [2.05, 4.69) is 10.3 Å². The standard InChI is InChI=1S/C13H14N2O3/c1-9-15-11(8-18-9)7-14-13(16)10-3-5-12(17-2)6-4-10/h3-6,8H,7H2,1-2H3,(H,14,16). The molecular weight excluding hydrogens is 232 g/mol. The lowest BCUT2D eigenvalue weighted by Gasteiger charge is -2.04. The van der Waals surface area contributed by atoms with Crippen LogP contribution < -0.4 is 10.1 Å². The maximum absolute atomic E-state index is 11.8. The second kappa shape index (κ2) is 5.35. The van der Waals surface area contributed by atoms with Crippen LogP contribution in [0.5, 0.6) is 5.75 Å². The molecule has 2 rings (SSSR count). The fourth-order valence-electron chi connectivity index (χ4n) is 1.50. The molecule has 0 aliphatic heterocycles. The smallest absolute Gasteiger partial charge is 0.251 e. The van der Waals surface area contributed by atoms with Gasteiger partial charge < -0.3 is 14.5 Å². The van der Waals surface area contributed by atoms with Crippen molar-refractivity contribution in [2.75, 3.05) is 7.11 Å². The highest BCUT2D eigenvalue weighted by Crippen LogP contribution is 2.11. The summed E-state index contributed by atoms with van der Waals surface area (Å²) < 4.78 is 10.1. The second-order valence-electron chi connectivity index (χ2n) is 3.77. The van der Waals surface area contributed by atoms with Gasteiger partial charge >= 0.3 is 0 Å². The summed E-state index contributed by atoms with van der Waals surface area (Å²) >= 11 is 0. The summed E-state index contributed by atoms with van der Waals surface area (Å²) in [5.41, 5.74) is 1.28. The Kier molecular flexibility index (Phi) is 3.62. The second-order valence-corrected chi connectivity index (χ2v) is 3.77. The highest BCUT2D eigenvalue weighted by atomic mass is 16.5. The van der Waals surface area contributed by atoms with Crippen molar-refractivity contribution >= 4 is 5.91 Å². The summed E-state index contributed by atoms with van der Waals surface area (Å²) in [5, 5.41) is 2.76. The van der Waals surface area contributed by atoms with Crippen molar-refractivity contribution in [2.24, 2.45) is 0 Å². The van der Waals surface area contributed by atoms with Crippen LogP contribution in [0.15, 0.2) is 34.9 Å². The van der Waals surface area contributed by atoms with Crippen LogP contribution in [0.1, 0.15) is 21.9 Å². The van der Waals surface area contributed by atoms with E-state index in [1.54, 1.807) is 38.3 Å². The molecule has 5 nitrogen and oxygen atoms in total. The number of nitrogens with zero attached hydrogens (tertiary/aromatic N) is 1. The van der Waals surface area contributed by atoms with Crippen LogP contribution in [0.3, 0.4) is 0 Å². The van der Waals surface area contributed by atoms with Gasteiger partial charge in [0.1, 0.15) is 12.0 Å². The molecule has 2 aromatic rings. The number of carbonyl (C=O) groups excluding carboxylic acids is 1. The lowest BCUT2D eigenvalue weighted by molar-refractivity contribution is 0.0950. The third kappa shape index (κ3) is 2.88. The number of ether oxygens (including phenoxy) is 1. The number of amides is 1. The summed E-state index contributed by atoms with van der Waals surface area (Å²) in [6, 6.07) is 6.91. The monoisotopic (exact) mass is 246 g/mol. The first-order chi connectivity index (χ1) is 8.69. The van der Waals surface area contributed by atoms with Gasteiger partial charge in [-0.25, -0.2) is 4.98 Å². The Balaban J connectivity index is 1.94. The number of hydrogen-bond acceptors (Lipinski definition) is 4. The van der Waals surface area contributed by atoms with Gasteiger partial charge in [-0.1, -0.05) is 0 Å². The first kappa shape index (κ1) is 12.2. The van der Waals surface area contributed by atoms with Crippen molar-refractivity contribution in [3.63, 3.8) is 0 Å². The Morgan fingerprint density at radius 1 is 1.39 bits per heavy atom. The van der Waals surface area contributed by atoms with Crippen molar-refractivity contribution in [3.05, 3.63) is 47.7 Å². The molecule has 1 aromatic heterocycles. The first-order valence-electron chi connectivity index (χ1n) is 5.52. The van der Waals surface area contributed by atoms with Gasteiger partial charge in [0.25, 0.3) is 5.91 Å². The number of carbonyl (C=O) groups is 1. The van der Waals surface area contributed by atoms with Gasteiger partial charge in [-0.15, -0.1) is 0 Å². The van der Waals surface area contributed by atoms with Crippen LogP contribution in [0.2, 0.25) is 0 Å². The van der Waals surface area contributed by atoms with Crippen LogP contribution in [0.4, 0.5) is 0 Å². The summed E-state index contributed by atoms with van der Waals surface area (Å²) in [7, 11) is 1.59. The molecule has 0 radical (unpaired) electrons. The van der Waals surface area contributed by atoms with Crippen LogP contribution >= 0.6 is 0 Å². The number of aromatic nitrogens is 1. The normalized spacial score (nSPS) is 10.1. The Bertz CT molecular complexity index is 531. The molecule has 0 saturated heterocycles. The van der Waals surface area contributed by atoms with Gasteiger partial charge in [0.05, 0.1) is 19.3 Å². The molecule has 1 heterocycles. The van der Waals surface area contributed by atoms with Gasteiger partial charge in [0.15, 0.2) is 5.89 Å². The molecule has 0 unspecified atom stereocenters. The van der Waals surface area contributed by atoms with E-state index in [0.29, 0.717) is 23.7 Å². The molecule has 0 aliphatic carbocycles. The van der Waals surface area contributed by atoms with E-state index in [0.717, 1.165) is 5.75 Å². The molecular formula is C13H14N2O3. The van der Waals surface area contributed by atoms with Gasteiger partial charge in [-0.05, 0) is 24.3 Å². The Morgan fingerprint density at radius 2 is 2.11 bits per heavy atom. The number of aryl methyl sites for hydroxylation is 1. The maximum Gasteiger partial charge on any atom is 0.251 e. The Hall–Kier alpha value is -2.30. The minimum absolute atomic E-state index is 0.154. The summed E-state index contributed by atoms with van der Waals surface area (Å²) in [6.07, 6.45) is 1.53. The number of hydrogen-bond donors (Lipinski definition) is 1. The topological polar surface area (TPSA) is 64.4 Å². The largest absolute Gasteiger partial charge is 0.497 e. The molecule has 0 saturated carbocycles. The Morgan fingerprint density at radius 3 is 2.67 bits per heavy atom. The van der Waals surface area contributed by atoms with E-state index in [1.807, 2.05) is 0 Å². The minimum Gasteiger partial charge on any atom is -0.497 e. The van der Waals surface area contributed by atoms with Crippen molar-refractivity contribution in [2.45, 2.75) is 13.5 Å². The zero-order valence-electron chi connectivity index (χ0n) is 10.3. The maximum atomic E-state index is 11.8. The lowest BCUT2D eigenvalue weighted by Crippen LogP contribution is -2.22. The SMILES string of the molecule is COc1ccc(C(=O)NCc2coc(C)n2)cc1. The fraction of sp³-hybridized carbons (Fsp3) is 0.231. The van der Waals surface area contributed by atoms with Gasteiger partial charge in [0, 0.05) is 12.5 Å². The van der Waals surface area contributed by atoms with Crippen molar-refractivity contribution in [1.82, 2.24) is 10.3 Å². The van der Waals surface area contributed by atoms with Crippen LogP contribution in [0.25, 0.3) is 0 Å². The van der Waals surface area contributed by atoms with E-state index in [-0.39, 0.29) is 5.91 Å². The lowest BCUT2D eigenvalue weighted by atomic mass is 10.2. The van der Waals surface area contributed by atoms with E-state index < -0.39 is 0 Å². The van der Waals surface area contributed by atoms with Gasteiger partial charge in [-0.3, -0.25) is 4.79 Å². The third-order valence-electron chi connectivity index (χ3n) is 2.45. The molecule has 0 atom stereocenters. The summed E-state index contributed by atoms with van der Waals surface area (Å²) in [6.45, 7) is 2.11. The van der Waals surface area contributed by atoms with E-state index >= 15 is 0 Å². The van der Waals surface area contributed by atoms with Gasteiger partial charge in [-0.2, -0.15) is 0 Å². The number of oxazole rings is 1. The predicted molar refractivity (Wildman–Crippen MR) is 65.4 cm³/mol. The van der Waals surface area contributed by atoms with Crippen LogP contribution in [0, 0.1) is 6.92 Å². The van der Waals surface area contributed by atoms with E-state index in [1.165, 1.54) is 6.26 Å². The van der Waals surface area contributed by atoms with Crippen LogP contribution in [-0.4, -0.2) is 18.0 Å². The molecule has 0 spiro atoms. The van der Waals surface area contributed by atoms with E-state index in [4.69, 9.17) is 9.15 Å². The average Bonchev–Trinajstić information content (AvgIpc) is 2.82. The molecule has 5 heteroatoms.